The number of rotatable bonds is 12. The average Bonchev–Trinajstić information content (AvgIpc) is 1.70. The standard InChI is InChI=1S/C36H36ClFN6O3.C35H34ClFN6O2.C35H34F2N6O3/c1-7-26(45)42-16-22-11-13-47-35-34(43(22)15-21(42)6)23-14-24(37)28(27-19(4)8-9-25-31(27)41-17-40-25)29(38)33(23)44(36(35)46)32-20(5)10-12-39-30(32)18(2)3;1-7-26(44)41-15-21-12-23-33(42(21)14-20(41)6)22-13-24(36)28(27-18(4)8-9-25-31(27)40-16-39-25)29(37)34(22)43(35(23)45)32-19(5)10-11-38-30(32)17(2)3;1-7-25(44)41-14-21-15-46-34-33(42(21)13-20(41)6)22-12-23(36)27(26-18(4)8-9-24-30(26)40-16-39-24)28(37)32(22)43(35(34)45)31-19(5)10-11-38-29(31)17(2)3/h7-10,12,14,17-18,21-22H,1,11,13,15-16H2,2-6H3,(H,40,41);7-11,13,16-17,20-21H,1,12,14-15H2,2-6H3,(H,39,40);7-12,16-17,20-21H,1,13-15H2,2-6H3,(H,39,40). The van der Waals surface area contributed by atoms with Crippen molar-refractivity contribution >= 4 is 124 Å². The minimum Gasteiger partial charge on any atom is -0.486 e. The number of ether oxygens (including phenoxy) is 2. The van der Waals surface area contributed by atoms with Crippen LogP contribution in [0.4, 0.5) is 34.6 Å². The average molecular weight is 1910 g/mol. The number of H-pyrrole nitrogens is 3. The number of halogens is 6. The lowest BCUT2D eigenvalue weighted by molar-refractivity contribution is -0.129. The number of carbonyl (C=O) groups is 3. The number of anilines is 3. The first kappa shape index (κ1) is 92.8. The van der Waals surface area contributed by atoms with Crippen LogP contribution in [0, 0.1) is 64.8 Å². The van der Waals surface area contributed by atoms with Crippen LogP contribution >= 0.6 is 23.2 Å². The van der Waals surface area contributed by atoms with Gasteiger partial charge < -0.3 is 53.8 Å². The maximum Gasteiger partial charge on any atom is 0.300 e. The fourth-order valence-electron chi connectivity index (χ4n) is 21.7. The molecule has 6 aliphatic rings. The highest BCUT2D eigenvalue weighted by molar-refractivity contribution is 6.36. The lowest BCUT2D eigenvalue weighted by Gasteiger charge is -2.48. The highest BCUT2D eigenvalue weighted by atomic mass is 35.5. The molecule has 0 radical (unpaired) electrons. The Labute approximate surface area is 802 Å². The van der Waals surface area contributed by atoms with E-state index in [2.05, 4.69) is 74.4 Å². The lowest BCUT2D eigenvalue weighted by atomic mass is 9.94. The van der Waals surface area contributed by atoms with Crippen molar-refractivity contribution in [3.05, 3.63) is 269 Å². The van der Waals surface area contributed by atoms with Gasteiger partial charge in [-0.05, 0) is 186 Å². The number of imidazole rings is 3. The number of aromatic amines is 3. The van der Waals surface area contributed by atoms with Crippen LogP contribution in [0.2, 0.25) is 10.0 Å². The topological polar surface area (TPSA) is 280 Å². The largest absolute Gasteiger partial charge is 0.486 e. The van der Waals surface area contributed by atoms with E-state index in [1.807, 2.05) is 144 Å². The molecule has 0 bridgehead atoms. The molecule has 3 fully saturated rings. The normalized spacial score (nSPS) is 17.8. The van der Waals surface area contributed by atoms with Gasteiger partial charge in [0.2, 0.25) is 29.2 Å². The number of piperazine rings is 3. The molecule has 0 aliphatic carbocycles. The third kappa shape index (κ3) is 14.8. The molecule has 32 heteroatoms. The maximum absolute atomic E-state index is 17.8. The van der Waals surface area contributed by atoms with E-state index in [0.29, 0.717) is 170 Å². The molecule has 3 N–H and O–H groups in total. The van der Waals surface area contributed by atoms with Gasteiger partial charge in [0, 0.05) is 138 Å². The van der Waals surface area contributed by atoms with Gasteiger partial charge in [0.25, 0.3) is 16.7 Å². The molecule has 6 unspecified atom stereocenters. The Morgan fingerprint density at radius 3 is 1.17 bits per heavy atom. The Bertz CT molecular complexity index is 7910. The second-order valence-electron chi connectivity index (χ2n) is 37.9. The molecule has 138 heavy (non-hydrogen) atoms. The first-order valence-electron chi connectivity index (χ1n) is 46.4. The predicted octanol–water partition coefficient (Wildman–Crippen LogP) is 19.4. The van der Waals surface area contributed by atoms with Crippen LogP contribution in [0.25, 0.3) is 116 Å². The van der Waals surface area contributed by atoms with Gasteiger partial charge in [0.05, 0.1) is 160 Å². The second-order valence-corrected chi connectivity index (χ2v) is 38.7. The van der Waals surface area contributed by atoms with Crippen LogP contribution in [-0.4, -0.2) is 180 Å². The first-order chi connectivity index (χ1) is 66.1. The molecular formula is C106H104Cl2F4N18O8. The maximum atomic E-state index is 17.8. The molecule has 15 heterocycles. The van der Waals surface area contributed by atoms with Crippen molar-refractivity contribution in [2.24, 2.45) is 0 Å². The summed E-state index contributed by atoms with van der Waals surface area (Å²) in [5.41, 5.74) is 14.1. The van der Waals surface area contributed by atoms with Crippen molar-refractivity contribution in [1.82, 2.24) is 73.3 Å². The molecular weight excluding hydrogens is 1800 g/mol. The number of nitrogens with zero attached hydrogens (tertiary/aromatic N) is 15. The van der Waals surface area contributed by atoms with E-state index in [9.17, 15) is 28.8 Å². The van der Waals surface area contributed by atoms with Gasteiger partial charge in [0.1, 0.15) is 12.4 Å². The van der Waals surface area contributed by atoms with E-state index in [-0.39, 0.29) is 151 Å². The number of pyridine rings is 6. The number of fused-ring (bicyclic) bond motifs is 18. The molecule has 3 amide bonds. The Morgan fingerprint density at radius 1 is 0.420 bits per heavy atom. The summed E-state index contributed by atoms with van der Waals surface area (Å²) in [5, 5.41) is 1.60. The summed E-state index contributed by atoms with van der Waals surface area (Å²) < 4.78 is 86.3. The van der Waals surface area contributed by atoms with E-state index < -0.39 is 34.4 Å². The Hall–Kier alpha value is -14.3. The van der Waals surface area contributed by atoms with Gasteiger partial charge in [-0.25, -0.2) is 32.5 Å². The minimum atomic E-state index is -0.887. The molecule has 6 aliphatic heterocycles. The van der Waals surface area contributed by atoms with Gasteiger partial charge in [-0.1, -0.05) is 103 Å². The molecule has 0 spiro atoms. The summed E-state index contributed by atoms with van der Waals surface area (Å²) in [7, 11) is 0. The SMILES string of the molecule is C=CC(=O)N1CC2CCOc3c(c4cc(Cl)c(-c5c(C)ccc6[nH]cnc56)c(F)c4n(-c4c(C)ccnc4C(C)C)c3=O)N2CC1C.C=CC(=O)N1CC2COc3c(c4cc(F)c(-c5c(C)ccc6[nH]cnc56)c(F)c4n(-c4c(C)ccnc4C(C)C)c3=O)N2CC1C.C=CC(=O)N1CC2Cc3c(c4cc(Cl)c(-c5c(C)ccc6[nH]cnc56)c(F)c4n(-c4c(C)ccnc4C(C)C)c3=O)N2CC1C. The Balaban J connectivity index is 0.000000132. The number of hydrogen-bond donors (Lipinski definition) is 3. The number of benzene rings is 6. The zero-order valence-electron chi connectivity index (χ0n) is 79.3. The second kappa shape index (κ2) is 35.7. The lowest BCUT2D eigenvalue weighted by Crippen LogP contribution is -2.62. The van der Waals surface area contributed by atoms with E-state index in [1.54, 1.807) is 77.1 Å². The summed E-state index contributed by atoms with van der Waals surface area (Å²) in [5.74, 6) is -3.50. The number of nitrogens with one attached hydrogen (secondary N) is 3. The predicted molar refractivity (Wildman–Crippen MR) is 535 cm³/mol. The summed E-state index contributed by atoms with van der Waals surface area (Å²) in [6, 6.07) is 20.2. The van der Waals surface area contributed by atoms with E-state index in [0.717, 1.165) is 33.3 Å². The zero-order chi connectivity index (χ0) is 97.8. The Morgan fingerprint density at radius 2 is 0.768 bits per heavy atom. The summed E-state index contributed by atoms with van der Waals surface area (Å²) in [6.45, 7) is 42.7. The molecule has 15 aromatic rings. The number of amides is 3. The zero-order valence-corrected chi connectivity index (χ0v) is 80.8. The number of carbonyl (C=O) groups excluding carboxylic acids is 3. The molecule has 708 valence electrons. The molecule has 26 nitrogen and oxygen atoms in total. The van der Waals surface area contributed by atoms with Crippen molar-refractivity contribution in [2.45, 2.75) is 171 Å². The number of aromatic nitrogens is 12. The molecule has 3 saturated heterocycles. The molecule has 0 saturated carbocycles. The van der Waals surface area contributed by atoms with Crippen LogP contribution in [0.5, 0.6) is 11.5 Å². The van der Waals surface area contributed by atoms with Crippen molar-refractivity contribution in [2.75, 3.05) is 67.2 Å². The summed E-state index contributed by atoms with van der Waals surface area (Å²) >= 11 is 14.2. The highest BCUT2D eigenvalue weighted by Gasteiger charge is 2.47. The molecule has 6 atom stereocenters. The first-order valence-corrected chi connectivity index (χ1v) is 47.2. The quantitative estimate of drug-likeness (QED) is 0.0757. The van der Waals surface area contributed by atoms with Gasteiger partial charge in [-0.15, -0.1) is 0 Å². The van der Waals surface area contributed by atoms with E-state index in [1.165, 1.54) is 44.3 Å². The third-order valence-corrected chi connectivity index (χ3v) is 28.8. The minimum absolute atomic E-state index is 0.00883. The fourth-order valence-corrected chi connectivity index (χ4v) is 22.2. The highest BCUT2D eigenvalue weighted by Crippen LogP contribution is 2.52. The fraction of sp³-hybridized carbons (Fsp3) is 0.321. The number of aryl methyl sites for hydroxylation is 6. The van der Waals surface area contributed by atoms with Crippen molar-refractivity contribution in [3.63, 3.8) is 0 Å². The van der Waals surface area contributed by atoms with Crippen LogP contribution in [-0.2, 0) is 20.8 Å². The van der Waals surface area contributed by atoms with Gasteiger partial charge in [0.15, 0.2) is 17.5 Å². The molecule has 9 aromatic heterocycles. The van der Waals surface area contributed by atoms with Crippen LogP contribution in [0.15, 0.2) is 163 Å². The molecule has 6 aromatic carbocycles. The van der Waals surface area contributed by atoms with E-state index in [4.69, 9.17) is 32.7 Å². The van der Waals surface area contributed by atoms with Crippen LogP contribution in [0.3, 0.4) is 0 Å². The van der Waals surface area contributed by atoms with Crippen molar-refractivity contribution in [3.8, 4) is 61.9 Å². The smallest absolute Gasteiger partial charge is 0.300 e. The Kier molecular flexibility index (Phi) is 24.0. The summed E-state index contributed by atoms with van der Waals surface area (Å²) in [4.78, 5) is 131. The van der Waals surface area contributed by atoms with Crippen LogP contribution < -0.4 is 40.9 Å². The van der Waals surface area contributed by atoms with Crippen LogP contribution in [0.1, 0.15) is 143 Å². The van der Waals surface area contributed by atoms with Crippen molar-refractivity contribution in [1.29, 1.82) is 0 Å². The summed E-state index contributed by atoms with van der Waals surface area (Å²) in [6.07, 6.45) is 14.6. The van der Waals surface area contributed by atoms with Gasteiger partial charge in [-0.2, -0.15) is 0 Å². The number of hydrogen-bond acceptors (Lipinski definition) is 17. The van der Waals surface area contributed by atoms with Gasteiger partial charge in [-0.3, -0.25) is 57.4 Å². The van der Waals surface area contributed by atoms with Crippen molar-refractivity contribution < 1.29 is 41.4 Å². The van der Waals surface area contributed by atoms with E-state index >= 15 is 17.6 Å². The molecule has 21 rings (SSSR count). The van der Waals surface area contributed by atoms with Gasteiger partial charge >= 0.3 is 0 Å². The monoisotopic (exact) mass is 1900 g/mol. The third-order valence-electron chi connectivity index (χ3n) is 28.2.